The van der Waals surface area contributed by atoms with Gasteiger partial charge in [0.1, 0.15) is 12.4 Å². The highest BCUT2D eigenvalue weighted by Gasteiger charge is 2.02. The minimum atomic E-state index is -0.229. The Hall–Kier alpha value is -2.86. The average molecular weight is 326 g/mol. The van der Waals surface area contributed by atoms with Crippen LogP contribution in [0.1, 0.15) is 5.56 Å². The van der Waals surface area contributed by atoms with Gasteiger partial charge < -0.3 is 20.7 Å². The molecule has 2 rings (SSSR count). The average Bonchev–Trinajstić information content (AvgIpc) is 2.55. The van der Waals surface area contributed by atoms with Crippen molar-refractivity contribution in [2.45, 2.75) is 0 Å². The number of amides is 1. The van der Waals surface area contributed by atoms with E-state index in [1.807, 2.05) is 31.1 Å². The quantitative estimate of drug-likeness (QED) is 0.602. The topological polar surface area (TPSA) is 80.5 Å². The molecular formula is C18H22N4O2. The van der Waals surface area contributed by atoms with E-state index in [1.54, 1.807) is 36.7 Å². The molecule has 6 heteroatoms. The Bertz CT molecular complexity index is 699. The molecule has 3 N–H and O–H groups in total. The maximum Gasteiger partial charge on any atom is 0.248 e. The van der Waals surface area contributed by atoms with E-state index in [0.29, 0.717) is 23.7 Å². The van der Waals surface area contributed by atoms with E-state index in [2.05, 4.69) is 10.3 Å². The van der Waals surface area contributed by atoms with E-state index in [-0.39, 0.29) is 5.91 Å². The summed E-state index contributed by atoms with van der Waals surface area (Å²) in [5.41, 5.74) is 8.01. The molecule has 0 saturated carbocycles. The molecule has 1 aromatic carbocycles. The van der Waals surface area contributed by atoms with E-state index < -0.39 is 0 Å². The van der Waals surface area contributed by atoms with Crippen LogP contribution in [0.25, 0.3) is 6.08 Å². The lowest BCUT2D eigenvalue weighted by Gasteiger charge is -2.12. The van der Waals surface area contributed by atoms with Crippen LogP contribution < -0.4 is 15.8 Å². The van der Waals surface area contributed by atoms with Gasteiger partial charge in [0.15, 0.2) is 0 Å². The summed E-state index contributed by atoms with van der Waals surface area (Å²) >= 11 is 0. The third-order valence-electron chi connectivity index (χ3n) is 3.19. The number of carbonyl (C=O) groups excluding carboxylic acids is 1. The van der Waals surface area contributed by atoms with Crippen LogP contribution in [0, 0.1) is 0 Å². The second-order valence-corrected chi connectivity index (χ2v) is 5.51. The molecule has 2 aromatic rings. The van der Waals surface area contributed by atoms with E-state index in [4.69, 9.17) is 10.5 Å². The van der Waals surface area contributed by atoms with Gasteiger partial charge in [0.05, 0.1) is 17.6 Å². The normalized spacial score (nSPS) is 11.0. The smallest absolute Gasteiger partial charge is 0.248 e. The second-order valence-electron chi connectivity index (χ2n) is 5.51. The standard InChI is InChI=1S/C18H22N4O2/c1-22(2)10-11-24-17-7-5-14(12-16(17)19)6-8-18(23)21-15-4-3-9-20-13-15/h3-9,12-13H,10-11,19H2,1-2H3,(H,21,23)/b8-6-. The minimum Gasteiger partial charge on any atom is -0.490 e. The Balaban J connectivity index is 1.92. The summed E-state index contributed by atoms with van der Waals surface area (Å²) in [5.74, 6) is 0.418. The van der Waals surface area contributed by atoms with Crippen molar-refractivity contribution in [1.82, 2.24) is 9.88 Å². The number of pyridine rings is 1. The molecule has 0 aliphatic heterocycles. The predicted octanol–water partition coefficient (Wildman–Crippen LogP) is 2.26. The first-order valence-electron chi connectivity index (χ1n) is 7.61. The first-order valence-corrected chi connectivity index (χ1v) is 7.61. The van der Waals surface area contributed by atoms with E-state index >= 15 is 0 Å². The van der Waals surface area contributed by atoms with Crippen LogP contribution in [0.5, 0.6) is 5.75 Å². The number of nitrogens with zero attached hydrogens (tertiary/aromatic N) is 2. The van der Waals surface area contributed by atoms with Crippen molar-refractivity contribution in [3.63, 3.8) is 0 Å². The number of nitrogens with two attached hydrogens (primary N) is 1. The predicted molar refractivity (Wildman–Crippen MR) is 96.8 cm³/mol. The molecule has 0 aliphatic carbocycles. The SMILES string of the molecule is CN(C)CCOc1ccc(/C=C\C(=O)Nc2cccnc2)cc1N. The number of hydrogen-bond acceptors (Lipinski definition) is 5. The molecule has 1 heterocycles. The molecule has 0 atom stereocenters. The zero-order chi connectivity index (χ0) is 17.4. The van der Waals surface area contributed by atoms with Crippen molar-refractivity contribution in [1.29, 1.82) is 0 Å². The highest BCUT2D eigenvalue weighted by atomic mass is 16.5. The molecule has 126 valence electrons. The lowest BCUT2D eigenvalue weighted by Crippen LogP contribution is -2.19. The molecule has 0 saturated heterocycles. The summed E-state index contributed by atoms with van der Waals surface area (Å²) in [4.78, 5) is 17.8. The van der Waals surface area contributed by atoms with Crippen LogP contribution in [0.4, 0.5) is 11.4 Å². The summed E-state index contributed by atoms with van der Waals surface area (Å²) in [6, 6.07) is 8.98. The molecular weight excluding hydrogens is 304 g/mol. The first kappa shape index (κ1) is 17.5. The summed E-state index contributed by atoms with van der Waals surface area (Å²) in [6.07, 6.45) is 6.39. The maximum absolute atomic E-state index is 11.9. The highest BCUT2D eigenvalue weighted by Crippen LogP contribution is 2.23. The van der Waals surface area contributed by atoms with Gasteiger partial charge in [-0.2, -0.15) is 0 Å². The maximum atomic E-state index is 11.9. The summed E-state index contributed by atoms with van der Waals surface area (Å²) < 4.78 is 5.63. The molecule has 0 fully saturated rings. The van der Waals surface area contributed by atoms with Gasteiger partial charge in [-0.1, -0.05) is 6.07 Å². The molecule has 24 heavy (non-hydrogen) atoms. The molecule has 1 amide bonds. The van der Waals surface area contributed by atoms with Crippen molar-refractivity contribution in [2.24, 2.45) is 0 Å². The van der Waals surface area contributed by atoms with Crippen LogP contribution >= 0.6 is 0 Å². The first-order chi connectivity index (χ1) is 11.5. The fourth-order valence-corrected chi connectivity index (χ4v) is 1.93. The van der Waals surface area contributed by atoms with Gasteiger partial charge in [0.2, 0.25) is 5.91 Å². The van der Waals surface area contributed by atoms with Crippen molar-refractivity contribution < 1.29 is 9.53 Å². The Labute approximate surface area is 141 Å². The van der Waals surface area contributed by atoms with Gasteiger partial charge in [-0.05, 0) is 50.0 Å². The molecule has 0 aliphatic rings. The Morgan fingerprint density at radius 1 is 1.38 bits per heavy atom. The zero-order valence-corrected chi connectivity index (χ0v) is 13.9. The van der Waals surface area contributed by atoms with Crippen LogP contribution in [0.15, 0.2) is 48.8 Å². The molecule has 0 bridgehead atoms. The van der Waals surface area contributed by atoms with Crippen LogP contribution in [0.2, 0.25) is 0 Å². The number of nitrogens with one attached hydrogen (secondary N) is 1. The van der Waals surface area contributed by atoms with Gasteiger partial charge >= 0.3 is 0 Å². The second kappa shape index (κ2) is 8.69. The molecule has 0 spiro atoms. The number of benzene rings is 1. The summed E-state index contributed by atoms with van der Waals surface area (Å²) in [6.45, 7) is 1.38. The Morgan fingerprint density at radius 3 is 2.88 bits per heavy atom. The number of aromatic nitrogens is 1. The van der Waals surface area contributed by atoms with Crippen molar-refractivity contribution in [3.05, 3.63) is 54.4 Å². The van der Waals surface area contributed by atoms with E-state index in [0.717, 1.165) is 12.1 Å². The minimum absolute atomic E-state index is 0.229. The molecule has 0 unspecified atom stereocenters. The van der Waals surface area contributed by atoms with Crippen molar-refractivity contribution in [2.75, 3.05) is 38.3 Å². The zero-order valence-electron chi connectivity index (χ0n) is 13.9. The monoisotopic (exact) mass is 326 g/mol. The largest absolute Gasteiger partial charge is 0.490 e. The summed E-state index contributed by atoms with van der Waals surface area (Å²) in [7, 11) is 3.97. The number of likely N-dealkylation sites (N-methyl/N-ethyl adjacent to an activating group) is 1. The van der Waals surface area contributed by atoms with Crippen LogP contribution in [-0.2, 0) is 4.79 Å². The van der Waals surface area contributed by atoms with Gasteiger partial charge in [0, 0.05) is 18.8 Å². The number of nitrogen functional groups attached to an aromatic ring is 1. The Kier molecular flexibility index (Phi) is 6.33. The molecule has 6 nitrogen and oxygen atoms in total. The number of ether oxygens (including phenoxy) is 1. The van der Waals surface area contributed by atoms with Gasteiger partial charge in [-0.3, -0.25) is 9.78 Å². The number of carbonyl (C=O) groups is 1. The number of anilines is 2. The highest BCUT2D eigenvalue weighted by molar-refractivity contribution is 6.01. The van der Waals surface area contributed by atoms with Gasteiger partial charge in [0.25, 0.3) is 0 Å². The van der Waals surface area contributed by atoms with Gasteiger partial charge in [-0.15, -0.1) is 0 Å². The lowest BCUT2D eigenvalue weighted by atomic mass is 10.1. The molecule has 1 aromatic heterocycles. The molecule has 0 radical (unpaired) electrons. The van der Waals surface area contributed by atoms with Gasteiger partial charge in [-0.25, -0.2) is 0 Å². The Morgan fingerprint density at radius 2 is 2.21 bits per heavy atom. The fourth-order valence-electron chi connectivity index (χ4n) is 1.93. The third kappa shape index (κ3) is 5.73. The lowest BCUT2D eigenvalue weighted by molar-refractivity contribution is -0.111. The van der Waals surface area contributed by atoms with E-state index in [1.165, 1.54) is 6.08 Å². The van der Waals surface area contributed by atoms with Crippen LogP contribution in [-0.4, -0.2) is 43.0 Å². The fraction of sp³-hybridized carbons (Fsp3) is 0.222. The van der Waals surface area contributed by atoms with E-state index in [9.17, 15) is 4.79 Å². The van der Waals surface area contributed by atoms with Crippen LogP contribution in [0.3, 0.4) is 0 Å². The number of rotatable bonds is 7. The summed E-state index contributed by atoms with van der Waals surface area (Å²) in [5, 5.41) is 2.73. The van der Waals surface area contributed by atoms with Crippen molar-refractivity contribution in [3.8, 4) is 5.75 Å². The van der Waals surface area contributed by atoms with Crippen molar-refractivity contribution >= 4 is 23.4 Å². The third-order valence-corrected chi connectivity index (χ3v) is 3.19. The number of hydrogen-bond donors (Lipinski definition) is 2.